The Hall–Kier alpha value is -5.60. The second-order valence-corrected chi connectivity index (χ2v) is 9.43. The molecule has 1 aromatic heterocycles. The third-order valence-corrected chi connectivity index (χ3v) is 7.04. The van der Waals surface area contributed by atoms with Gasteiger partial charge in [-0.05, 0) is 77.1 Å². The molecule has 0 aliphatic heterocycles. The first-order valence-electron chi connectivity index (χ1n) is 21.1. The Morgan fingerprint density at radius 2 is 1.21 bits per heavy atom. The highest BCUT2D eigenvalue weighted by atomic mass is 15.1. The Morgan fingerprint density at radius 1 is 0.500 bits per heavy atom. The van der Waals surface area contributed by atoms with Gasteiger partial charge in [-0.25, -0.2) is 0 Å². The summed E-state index contributed by atoms with van der Waals surface area (Å²) in [5, 5.41) is 0.451. The van der Waals surface area contributed by atoms with Crippen LogP contribution >= 0.6 is 0 Å². The predicted octanol–water partition coefficient (Wildman–Crippen LogP) is 11.1. The van der Waals surface area contributed by atoms with E-state index in [0.717, 1.165) is 22.1 Å². The molecule has 198 valence electrons. The second-order valence-electron chi connectivity index (χ2n) is 9.43. The molecule has 1 heterocycles. The third-order valence-electron chi connectivity index (χ3n) is 7.04. The van der Waals surface area contributed by atoms with Crippen molar-refractivity contribution in [3.8, 4) is 16.8 Å². The topological polar surface area (TPSA) is 8.17 Å². The molecule has 0 aliphatic rings. The highest BCUT2D eigenvalue weighted by Gasteiger charge is 2.17. The molecule has 0 radical (unpaired) electrons. The minimum atomic E-state index is -0.891. The normalized spacial score (nSPS) is 16.7. The molecule has 0 saturated heterocycles. The first-order valence-corrected chi connectivity index (χ1v) is 13.1. The van der Waals surface area contributed by atoms with E-state index >= 15 is 0 Å². The van der Waals surface area contributed by atoms with Crippen LogP contribution < -0.4 is 4.90 Å². The summed E-state index contributed by atoms with van der Waals surface area (Å²) in [5.41, 5.74) is 0.442. The average molecular weight is 553 g/mol. The van der Waals surface area contributed by atoms with Crippen LogP contribution in [0.3, 0.4) is 0 Å². The van der Waals surface area contributed by atoms with Gasteiger partial charge in [-0.3, -0.25) is 0 Å². The second kappa shape index (κ2) is 10.1. The van der Waals surface area contributed by atoms with E-state index < -0.39 is 125 Å². The van der Waals surface area contributed by atoms with E-state index in [9.17, 15) is 2.74 Å². The van der Waals surface area contributed by atoms with Crippen molar-refractivity contribution in [2.75, 3.05) is 4.90 Å². The number of fused-ring (bicyclic) bond motifs is 4. The highest BCUT2D eigenvalue weighted by Crippen LogP contribution is 2.41. The molecule has 0 fully saturated rings. The zero-order valence-corrected chi connectivity index (χ0v) is 21.8. The van der Waals surface area contributed by atoms with Crippen molar-refractivity contribution >= 4 is 49.6 Å². The molecule has 8 aromatic rings. The maximum absolute atomic E-state index is 9.72. The molecule has 2 heteroatoms. The van der Waals surface area contributed by atoms with Gasteiger partial charge in [-0.1, -0.05) is 109 Å². The van der Waals surface area contributed by atoms with E-state index in [1.165, 1.54) is 0 Å². The largest absolute Gasteiger partial charge is 0.310 e. The summed E-state index contributed by atoms with van der Waals surface area (Å²) in [6, 6.07) is 9.66. The minimum Gasteiger partial charge on any atom is -0.310 e. The molecule has 42 heavy (non-hydrogen) atoms. The van der Waals surface area contributed by atoms with Crippen molar-refractivity contribution in [3.63, 3.8) is 0 Å². The molecule has 7 aromatic carbocycles. The SMILES string of the molecule is [2H]c1c([2H])c([2H])c(N(c2c([2H])c([2H])c([2H])c(-c3ccc4c(c3)c3ccccc3n4-c3ccccc3)c2[2H])c2c([2H])c([2H])c([2H])c3c([2H])c([2H])c([2H])c([2H])c23)c([2H])c1[2H]. The van der Waals surface area contributed by atoms with Gasteiger partial charge in [0.2, 0.25) is 0 Å². The Labute approximate surface area is 267 Å². The van der Waals surface area contributed by atoms with Gasteiger partial charge >= 0.3 is 0 Å². The van der Waals surface area contributed by atoms with Gasteiger partial charge in [0.05, 0.1) is 38.7 Å². The lowest BCUT2D eigenvalue weighted by Gasteiger charge is -2.27. The average Bonchev–Trinajstić information content (AvgIpc) is 3.55. The number of anilines is 3. The standard InChI is InChI=1S/C40H28N2/c1-3-16-32(17-4-1)41(38-24-12-14-29-13-7-8-21-35(29)38)34-20-11-15-30(27-34)31-25-26-40-37(28-31)36-22-9-10-23-39(36)42(40)33-18-5-2-6-19-33/h1-28H/i1D,3D,4D,7D,8D,11D,12D,13D,14D,15D,16D,17D,20D,21D,24D,27D. The number of benzene rings is 7. The van der Waals surface area contributed by atoms with E-state index in [1.54, 1.807) is 18.2 Å². The fourth-order valence-electron chi connectivity index (χ4n) is 5.23. The summed E-state index contributed by atoms with van der Waals surface area (Å²) in [4.78, 5) is 0.717. The van der Waals surface area contributed by atoms with Crippen molar-refractivity contribution in [1.82, 2.24) is 4.57 Å². The highest BCUT2D eigenvalue weighted by molar-refractivity contribution is 6.10. The lowest BCUT2D eigenvalue weighted by atomic mass is 10.0. The molecule has 0 saturated carbocycles. The van der Waals surface area contributed by atoms with Crippen molar-refractivity contribution in [3.05, 3.63) is 169 Å². The van der Waals surface area contributed by atoms with E-state index in [-0.39, 0.29) is 11.1 Å². The Balaban J connectivity index is 1.54. The molecule has 0 aliphatic carbocycles. The molecule has 2 nitrogen and oxygen atoms in total. The Bertz CT molecular complexity index is 3050. The van der Waals surface area contributed by atoms with Crippen LogP contribution in [0.15, 0.2) is 169 Å². The number of hydrogen-bond donors (Lipinski definition) is 0. The quantitative estimate of drug-likeness (QED) is 0.206. The van der Waals surface area contributed by atoms with E-state index in [1.807, 2.05) is 59.2 Å². The summed E-state index contributed by atoms with van der Waals surface area (Å²) < 4.78 is 143. The fraction of sp³-hybridized carbons (Fsp3) is 0. The van der Waals surface area contributed by atoms with Crippen LogP contribution in [-0.4, -0.2) is 4.57 Å². The van der Waals surface area contributed by atoms with Crippen LogP contribution in [0, 0.1) is 0 Å². The third kappa shape index (κ3) is 4.05. The van der Waals surface area contributed by atoms with Crippen LogP contribution in [0.4, 0.5) is 17.1 Å². The van der Waals surface area contributed by atoms with Gasteiger partial charge in [0.15, 0.2) is 0 Å². The van der Waals surface area contributed by atoms with Gasteiger partial charge in [0, 0.05) is 33.2 Å². The molecular weight excluding hydrogens is 508 g/mol. The molecule has 0 N–H and O–H groups in total. The lowest BCUT2D eigenvalue weighted by molar-refractivity contribution is 1.18. The number of rotatable bonds is 5. The smallest absolute Gasteiger partial charge is 0.0651 e. The maximum atomic E-state index is 9.72. The van der Waals surface area contributed by atoms with Gasteiger partial charge in [-0.15, -0.1) is 0 Å². The molecule has 0 amide bonds. The fourth-order valence-corrected chi connectivity index (χ4v) is 5.23. The van der Waals surface area contributed by atoms with E-state index in [2.05, 4.69) is 0 Å². The summed E-state index contributed by atoms with van der Waals surface area (Å²) in [5.74, 6) is 0. The van der Waals surface area contributed by atoms with Gasteiger partial charge in [0.1, 0.15) is 0 Å². The summed E-state index contributed by atoms with van der Waals surface area (Å²) in [7, 11) is 0. The first kappa shape index (κ1) is 12.9. The zero-order valence-electron chi connectivity index (χ0n) is 37.8. The lowest BCUT2D eigenvalue weighted by Crippen LogP contribution is -2.10. The van der Waals surface area contributed by atoms with Crippen LogP contribution in [0.2, 0.25) is 0 Å². The number of hydrogen-bond acceptors (Lipinski definition) is 1. The molecular formula is C40H28N2. The molecule has 0 spiro atoms. The molecule has 8 rings (SSSR count). The number of para-hydroxylation sites is 3. The molecule has 0 unspecified atom stereocenters. The summed E-state index contributed by atoms with van der Waals surface area (Å²) >= 11 is 0. The van der Waals surface area contributed by atoms with Gasteiger partial charge in [-0.2, -0.15) is 0 Å². The summed E-state index contributed by atoms with van der Waals surface area (Å²) in [6.07, 6.45) is 0. The minimum absolute atomic E-state index is 0.201. The van der Waals surface area contributed by atoms with Crippen molar-refractivity contribution in [1.29, 1.82) is 0 Å². The molecule has 0 bridgehead atoms. The molecule has 0 atom stereocenters. The maximum Gasteiger partial charge on any atom is 0.0651 e. The van der Waals surface area contributed by atoms with Crippen LogP contribution in [-0.2, 0) is 0 Å². The first-order chi connectivity index (χ1) is 27.5. The Kier molecular flexibility index (Phi) is 3.11. The van der Waals surface area contributed by atoms with E-state index in [4.69, 9.17) is 19.2 Å². The predicted molar refractivity (Wildman–Crippen MR) is 178 cm³/mol. The van der Waals surface area contributed by atoms with Crippen LogP contribution in [0.5, 0.6) is 0 Å². The van der Waals surface area contributed by atoms with Crippen molar-refractivity contribution in [2.24, 2.45) is 0 Å². The zero-order chi connectivity index (χ0) is 41.8. The monoisotopic (exact) mass is 552 g/mol. The Morgan fingerprint density at radius 3 is 2.12 bits per heavy atom. The van der Waals surface area contributed by atoms with E-state index in [0.29, 0.717) is 10.3 Å². The summed E-state index contributed by atoms with van der Waals surface area (Å²) in [6.45, 7) is 0. The van der Waals surface area contributed by atoms with Crippen LogP contribution in [0.25, 0.3) is 49.4 Å². The van der Waals surface area contributed by atoms with Crippen molar-refractivity contribution in [2.45, 2.75) is 0 Å². The number of nitrogens with zero attached hydrogens (tertiary/aromatic N) is 2. The van der Waals surface area contributed by atoms with Gasteiger partial charge < -0.3 is 9.47 Å². The number of aromatic nitrogens is 1. The van der Waals surface area contributed by atoms with Gasteiger partial charge in [0.25, 0.3) is 0 Å². The van der Waals surface area contributed by atoms with Crippen LogP contribution in [0.1, 0.15) is 21.9 Å². The van der Waals surface area contributed by atoms with Crippen molar-refractivity contribution < 1.29 is 21.9 Å².